The van der Waals surface area contributed by atoms with E-state index in [1.165, 1.54) is 49.7 Å². The highest BCUT2D eigenvalue weighted by Crippen LogP contribution is 2.21. The lowest BCUT2D eigenvalue weighted by Gasteiger charge is -2.06. The van der Waals surface area contributed by atoms with E-state index >= 15 is 0 Å². The number of pyridine rings is 1. The van der Waals surface area contributed by atoms with Gasteiger partial charge in [-0.25, -0.2) is 9.97 Å². The van der Waals surface area contributed by atoms with Gasteiger partial charge in [0, 0.05) is 29.7 Å². The second kappa shape index (κ2) is 10.7. The standard InChI is InChI=1S/C25H31N3/c1-3-5-6-7-8-10-21-17-27-25(28-18-21)23-15-16-24(26-19-23)22-13-11-20(9-4-2)12-14-22/h11-19H,3-10H2,1-2H3. The third-order valence-electron chi connectivity index (χ3n) is 5.08. The summed E-state index contributed by atoms with van der Waals surface area (Å²) < 4.78 is 0. The van der Waals surface area contributed by atoms with E-state index in [-0.39, 0.29) is 0 Å². The number of benzene rings is 1. The summed E-state index contributed by atoms with van der Waals surface area (Å²) in [4.78, 5) is 13.7. The molecule has 146 valence electrons. The number of aryl methyl sites for hydroxylation is 2. The van der Waals surface area contributed by atoms with Crippen LogP contribution in [0.25, 0.3) is 22.6 Å². The number of aromatic nitrogens is 3. The molecular formula is C25H31N3. The first-order valence-corrected chi connectivity index (χ1v) is 10.7. The Kier molecular flexibility index (Phi) is 7.71. The zero-order chi connectivity index (χ0) is 19.6. The van der Waals surface area contributed by atoms with Gasteiger partial charge in [0.2, 0.25) is 0 Å². The van der Waals surface area contributed by atoms with Crippen LogP contribution in [0, 0.1) is 0 Å². The van der Waals surface area contributed by atoms with Crippen LogP contribution in [0.3, 0.4) is 0 Å². The average molecular weight is 374 g/mol. The van der Waals surface area contributed by atoms with Crippen LogP contribution in [0.5, 0.6) is 0 Å². The minimum atomic E-state index is 0.743. The second-order valence-corrected chi connectivity index (χ2v) is 7.46. The van der Waals surface area contributed by atoms with Crippen LogP contribution in [-0.4, -0.2) is 15.0 Å². The van der Waals surface area contributed by atoms with E-state index in [4.69, 9.17) is 0 Å². The molecule has 3 nitrogen and oxygen atoms in total. The van der Waals surface area contributed by atoms with Gasteiger partial charge in [-0.15, -0.1) is 0 Å². The predicted octanol–water partition coefficient (Wildman–Crippen LogP) is 6.67. The molecule has 0 aliphatic carbocycles. The molecule has 0 N–H and O–H groups in total. The lowest BCUT2D eigenvalue weighted by molar-refractivity contribution is 0.631. The summed E-state index contributed by atoms with van der Waals surface area (Å²) in [7, 11) is 0. The molecule has 0 saturated carbocycles. The lowest BCUT2D eigenvalue weighted by Crippen LogP contribution is -1.94. The minimum Gasteiger partial charge on any atom is -0.255 e. The zero-order valence-corrected chi connectivity index (χ0v) is 17.2. The summed E-state index contributed by atoms with van der Waals surface area (Å²) in [6.45, 7) is 4.45. The van der Waals surface area contributed by atoms with E-state index in [1.807, 2.05) is 18.6 Å². The molecule has 3 heteroatoms. The van der Waals surface area contributed by atoms with Crippen LogP contribution in [0.1, 0.15) is 63.5 Å². The van der Waals surface area contributed by atoms with Crippen LogP contribution in [0.15, 0.2) is 55.0 Å². The third kappa shape index (κ3) is 5.72. The third-order valence-corrected chi connectivity index (χ3v) is 5.08. The van der Waals surface area contributed by atoms with Gasteiger partial charge in [0.05, 0.1) is 5.69 Å². The quantitative estimate of drug-likeness (QED) is 0.372. The highest BCUT2D eigenvalue weighted by Gasteiger charge is 2.05. The molecule has 0 atom stereocenters. The Morgan fingerprint density at radius 1 is 0.571 bits per heavy atom. The summed E-state index contributed by atoms with van der Waals surface area (Å²) in [5, 5.41) is 0. The zero-order valence-electron chi connectivity index (χ0n) is 17.2. The fourth-order valence-electron chi connectivity index (χ4n) is 3.39. The molecule has 2 aromatic heterocycles. The van der Waals surface area contributed by atoms with Gasteiger partial charge in [0.25, 0.3) is 0 Å². The Balaban J connectivity index is 1.60. The van der Waals surface area contributed by atoms with Gasteiger partial charge >= 0.3 is 0 Å². The first-order chi connectivity index (χ1) is 13.8. The van der Waals surface area contributed by atoms with E-state index in [1.54, 1.807) is 0 Å². The molecule has 0 saturated heterocycles. The molecule has 0 unspecified atom stereocenters. The van der Waals surface area contributed by atoms with Gasteiger partial charge in [-0.05, 0) is 42.5 Å². The van der Waals surface area contributed by atoms with Crippen molar-refractivity contribution in [3.63, 3.8) is 0 Å². The number of rotatable bonds is 10. The highest BCUT2D eigenvalue weighted by atomic mass is 14.9. The minimum absolute atomic E-state index is 0.743. The maximum Gasteiger partial charge on any atom is 0.160 e. The molecule has 0 spiro atoms. The molecule has 0 aliphatic rings. The number of hydrogen-bond acceptors (Lipinski definition) is 3. The molecule has 0 bridgehead atoms. The Hall–Kier alpha value is -2.55. The summed E-state index contributed by atoms with van der Waals surface area (Å²) in [6.07, 6.45) is 15.6. The van der Waals surface area contributed by atoms with Crippen LogP contribution >= 0.6 is 0 Å². The van der Waals surface area contributed by atoms with Gasteiger partial charge < -0.3 is 0 Å². The van der Waals surface area contributed by atoms with Crippen LogP contribution in [-0.2, 0) is 12.8 Å². The summed E-state index contributed by atoms with van der Waals surface area (Å²) >= 11 is 0. The van der Waals surface area contributed by atoms with E-state index in [0.717, 1.165) is 35.5 Å². The fraction of sp³-hybridized carbons (Fsp3) is 0.400. The topological polar surface area (TPSA) is 38.7 Å². The average Bonchev–Trinajstić information content (AvgIpc) is 2.75. The maximum atomic E-state index is 4.62. The van der Waals surface area contributed by atoms with Crippen LogP contribution in [0.2, 0.25) is 0 Å². The van der Waals surface area contributed by atoms with Crippen LogP contribution in [0.4, 0.5) is 0 Å². The first kappa shape index (κ1) is 20.2. The van der Waals surface area contributed by atoms with E-state index in [2.05, 4.69) is 65.2 Å². The molecule has 0 aliphatic heterocycles. The Morgan fingerprint density at radius 2 is 1.29 bits per heavy atom. The molecule has 0 amide bonds. The number of hydrogen-bond donors (Lipinski definition) is 0. The maximum absolute atomic E-state index is 4.62. The molecule has 0 radical (unpaired) electrons. The van der Waals surface area contributed by atoms with Crippen molar-refractivity contribution >= 4 is 0 Å². The van der Waals surface area contributed by atoms with Gasteiger partial charge in [-0.3, -0.25) is 4.98 Å². The number of unbranched alkanes of at least 4 members (excludes halogenated alkanes) is 4. The van der Waals surface area contributed by atoms with Crippen LogP contribution < -0.4 is 0 Å². The summed E-state index contributed by atoms with van der Waals surface area (Å²) in [5.74, 6) is 0.743. The predicted molar refractivity (Wildman–Crippen MR) is 117 cm³/mol. The SMILES string of the molecule is CCCCCCCc1cnc(-c2ccc(-c3ccc(CCC)cc3)nc2)nc1. The summed E-state index contributed by atoms with van der Waals surface area (Å²) in [6, 6.07) is 12.8. The Bertz CT molecular complexity index is 821. The molecule has 1 aromatic carbocycles. The molecular weight excluding hydrogens is 342 g/mol. The van der Waals surface area contributed by atoms with Crippen molar-refractivity contribution in [3.8, 4) is 22.6 Å². The van der Waals surface area contributed by atoms with Crippen molar-refractivity contribution < 1.29 is 0 Å². The van der Waals surface area contributed by atoms with Crippen molar-refractivity contribution in [2.75, 3.05) is 0 Å². The van der Waals surface area contributed by atoms with E-state index in [0.29, 0.717) is 0 Å². The molecule has 3 rings (SSSR count). The lowest BCUT2D eigenvalue weighted by atomic mass is 10.1. The van der Waals surface area contributed by atoms with Crippen molar-refractivity contribution in [1.82, 2.24) is 15.0 Å². The Morgan fingerprint density at radius 3 is 1.93 bits per heavy atom. The first-order valence-electron chi connectivity index (χ1n) is 10.7. The van der Waals surface area contributed by atoms with E-state index in [9.17, 15) is 0 Å². The summed E-state index contributed by atoms with van der Waals surface area (Å²) in [5.41, 5.74) is 5.68. The molecule has 2 heterocycles. The smallest absolute Gasteiger partial charge is 0.160 e. The fourth-order valence-corrected chi connectivity index (χ4v) is 3.39. The second-order valence-electron chi connectivity index (χ2n) is 7.46. The van der Waals surface area contributed by atoms with Gasteiger partial charge in [-0.2, -0.15) is 0 Å². The number of nitrogens with zero attached hydrogens (tertiary/aromatic N) is 3. The highest BCUT2D eigenvalue weighted by molar-refractivity contribution is 5.63. The normalized spacial score (nSPS) is 10.9. The van der Waals surface area contributed by atoms with Crippen molar-refractivity contribution in [1.29, 1.82) is 0 Å². The molecule has 28 heavy (non-hydrogen) atoms. The van der Waals surface area contributed by atoms with Gasteiger partial charge in [0.1, 0.15) is 0 Å². The van der Waals surface area contributed by atoms with Gasteiger partial charge in [0.15, 0.2) is 5.82 Å². The van der Waals surface area contributed by atoms with Gasteiger partial charge in [-0.1, -0.05) is 70.2 Å². The van der Waals surface area contributed by atoms with Crippen molar-refractivity contribution in [3.05, 3.63) is 66.1 Å². The van der Waals surface area contributed by atoms with Crippen molar-refractivity contribution in [2.24, 2.45) is 0 Å². The monoisotopic (exact) mass is 373 g/mol. The van der Waals surface area contributed by atoms with E-state index < -0.39 is 0 Å². The Labute approximate surface area is 169 Å². The molecule has 0 fully saturated rings. The molecule has 3 aromatic rings. The largest absolute Gasteiger partial charge is 0.255 e. The van der Waals surface area contributed by atoms with Crippen molar-refractivity contribution in [2.45, 2.75) is 65.2 Å².